The first-order chi connectivity index (χ1) is 9.08. The monoisotopic (exact) mass is 299 g/mol. The van der Waals surface area contributed by atoms with E-state index >= 15 is 0 Å². The Kier molecular flexibility index (Phi) is 5.02. The van der Waals surface area contributed by atoms with Crippen LogP contribution in [-0.4, -0.2) is 35.1 Å². The second-order valence-electron chi connectivity index (χ2n) is 4.84. The van der Waals surface area contributed by atoms with Crippen molar-refractivity contribution < 1.29 is 9.90 Å². The molecule has 1 N–H and O–H groups in total. The van der Waals surface area contributed by atoms with Gasteiger partial charge in [0.15, 0.2) is 0 Å². The molecule has 1 aliphatic carbocycles. The van der Waals surface area contributed by atoms with Gasteiger partial charge in [-0.15, -0.1) is 11.3 Å². The third-order valence-corrected chi connectivity index (χ3v) is 4.72. The van der Waals surface area contributed by atoms with E-state index in [1.54, 1.807) is 24.1 Å². The number of aliphatic hydroxyl groups is 1. The van der Waals surface area contributed by atoms with Gasteiger partial charge < -0.3 is 10.0 Å². The molecule has 0 aliphatic heterocycles. The number of amides is 1. The number of hydrogen-bond acceptors (Lipinski definition) is 3. The van der Waals surface area contributed by atoms with E-state index in [1.165, 1.54) is 11.3 Å². The second kappa shape index (κ2) is 6.55. The van der Waals surface area contributed by atoms with Crippen LogP contribution >= 0.6 is 22.9 Å². The van der Waals surface area contributed by atoms with E-state index in [0.717, 1.165) is 30.6 Å². The van der Waals surface area contributed by atoms with Crippen molar-refractivity contribution in [2.75, 3.05) is 7.05 Å². The van der Waals surface area contributed by atoms with Gasteiger partial charge in [0.25, 0.3) is 0 Å². The van der Waals surface area contributed by atoms with Crippen molar-refractivity contribution in [2.45, 2.75) is 37.8 Å². The van der Waals surface area contributed by atoms with E-state index in [-0.39, 0.29) is 11.9 Å². The Labute approximate surface area is 122 Å². The summed E-state index contributed by atoms with van der Waals surface area (Å²) in [5.74, 6) is -0.0736. The standard InChI is InChI=1S/C14H18ClNO2S/c1-16(11-4-2-3-5-12(11)17)14(18)9-7-10-6-8-13(15)19-10/h6-9,11-12,17H,2-5H2,1H3/b9-7+. The van der Waals surface area contributed by atoms with Crippen LogP contribution in [0.1, 0.15) is 30.6 Å². The summed E-state index contributed by atoms with van der Waals surface area (Å²) in [6, 6.07) is 3.63. The molecular weight excluding hydrogens is 282 g/mol. The topological polar surface area (TPSA) is 40.5 Å². The van der Waals surface area contributed by atoms with Crippen molar-refractivity contribution in [3.8, 4) is 0 Å². The molecule has 1 aromatic rings. The lowest BCUT2D eigenvalue weighted by Crippen LogP contribution is -2.45. The first-order valence-corrected chi connectivity index (χ1v) is 7.65. The molecule has 19 heavy (non-hydrogen) atoms. The zero-order valence-corrected chi connectivity index (χ0v) is 12.5. The highest BCUT2D eigenvalue weighted by Gasteiger charge is 2.28. The van der Waals surface area contributed by atoms with Gasteiger partial charge in [-0.05, 0) is 31.1 Å². The van der Waals surface area contributed by atoms with Gasteiger partial charge in [0.05, 0.1) is 16.5 Å². The number of aliphatic hydroxyl groups excluding tert-OH is 1. The van der Waals surface area contributed by atoms with Crippen molar-refractivity contribution in [2.24, 2.45) is 0 Å². The average molecular weight is 300 g/mol. The van der Waals surface area contributed by atoms with Crippen LogP contribution in [0.2, 0.25) is 4.34 Å². The summed E-state index contributed by atoms with van der Waals surface area (Å²) in [5, 5.41) is 9.94. The van der Waals surface area contributed by atoms with Gasteiger partial charge in [0, 0.05) is 18.0 Å². The van der Waals surface area contributed by atoms with Gasteiger partial charge >= 0.3 is 0 Å². The molecule has 0 radical (unpaired) electrons. The van der Waals surface area contributed by atoms with Gasteiger partial charge in [-0.1, -0.05) is 24.4 Å². The molecule has 2 atom stereocenters. The molecule has 0 aromatic carbocycles. The molecular formula is C14H18ClNO2S. The number of rotatable bonds is 3. The fourth-order valence-corrected chi connectivity index (χ4v) is 3.36. The Balaban J connectivity index is 1.97. The number of carbonyl (C=O) groups excluding carboxylic acids is 1. The zero-order valence-electron chi connectivity index (χ0n) is 10.9. The molecule has 1 aliphatic rings. The van der Waals surface area contributed by atoms with E-state index in [2.05, 4.69) is 0 Å². The first kappa shape index (κ1) is 14.6. The second-order valence-corrected chi connectivity index (χ2v) is 6.59. The Morgan fingerprint density at radius 1 is 1.47 bits per heavy atom. The highest BCUT2D eigenvalue weighted by Crippen LogP contribution is 2.24. The Morgan fingerprint density at radius 3 is 2.84 bits per heavy atom. The minimum atomic E-state index is -0.396. The van der Waals surface area contributed by atoms with Crippen LogP contribution in [0.3, 0.4) is 0 Å². The van der Waals surface area contributed by atoms with Crippen LogP contribution in [0.25, 0.3) is 6.08 Å². The third-order valence-electron chi connectivity index (χ3n) is 3.52. The van der Waals surface area contributed by atoms with E-state index in [9.17, 15) is 9.90 Å². The maximum atomic E-state index is 12.1. The molecule has 2 rings (SSSR count). The molecule has 1 aromatic heterocycles. The predicted molar refractivity (Wildman–Crippen MR) is 79.4 cm³/mol. The Morgan fingerprint density at radius 2 is 2.21 bits per heavy atom. The molecule has 0 saturated heterocycles. The molecule has 2 unspecified atom stereocenters. The summed E-state index contributed by atoms with van der Waals surface area (Å²) in [6.07, 6.45) is 6.70. The number of hydrogen-bond donors (Lipinski definition) is 1. The van der Waals surface area contributed by atoms with Crippen molar-refractivity contribution in [3.63, 3.8) is 0 Å². The molecule has 0 spiro atoms. The van der Waals surface area contributed by atoms with Crippen LogP contribution in [-0.2, 0) is 4.79 Å². The van der Waals surface area contributed by atoms with E-state index in [4.69, 9.17) is 11.6 Å². The lowest BCUT2D eigenvalue weighted by molar-refractivity contribution is -0.130. The van der Waals surface area contributed by atoms with Gasteiger partial charge in [0.2, 0.25) is 5.91 Å². The molecule has 1 heterocycles. The predicted octanol–water partition coefficient (Wildman–Crippen LogP) is 3.18. The van der Waals surface area contributed by atoms with Crippen molar-refractivity contribution in [1.82, 2.24) is 4.90 Å². The van der Waals surface area contributed by atoms with Crippen molar-refractivity contribution in [3.05, 3.63) is 27.4 Å². The third kappa shape index (κ3) is 3.81. The minimum Gasteiger partial charge on any atom is -0.391 e. The molecule has 1 saturated carbocycles. The van der Waals surface area contributed by atoms with Gasteiger partial charge in [-0.2, -0.15) is 0 Å². The summed E-state index contributed by atoms with van der Waals surface area (Å²) in [7, 11) is 1.76. The van der Waals surface area contributed by atoms with E-state index in [0.29, 0.717) is 4.34 Å². The highest BCUT2D eigenvalue weighted by atomic mass is 35.5. The average Bonchev–Trinajstić information content (AvgIpc) is 2.81. The summed E-state index contributed by atoms with van der Waals surface area (Å²) in [4.78, 5) is 14.7. The summed E-state index contributed by atoms with van der Waals surface area (Å²) in [5.41, 5.74) is 0. The summed E-state index contributed by atoms with van der Waals surface area (Å²) >= 11 is 7.27. The fourth-order valence-electron chi connectivity index (χ4n) is 2.40. The van der Waals surface area contributed by atoms with Gasteiger partial charge in [0.1, 0.15) is 0 Å². The lowest BCUT2D eigenvalue weighted by atomic mass is 9.91. The maximum Gasteiger partial charge on any atom is 0.246 e. The van der Waals surface area contributed by atoms with Crippen LogP contribution in [0.4, 0.5) is 0 Å². The van der Waals surface area contributed by atoms with Crippen LogP contribution < -0.4 is 0 Å². The van der Waals surface area contributed by atoms with Crippen LogP contribution in [0, 0.1) is 0 Å². The molecule has 3 nitrogen and oxygen atoms in total. The smallest absolute Gasteiger partial charge is 0.246 e. The van der Waals surface area contributed by atoms with Crippen LogP contribution in [0.5, 0.6) is 0 Å². The number of thiophene rings is 1. The zero-order chi connectivity index (χ0) is 13.8. The fraction of sp³-hybridized carbons (Fsp3) is 0.500. The van der Waals surface area contributed by atoms with Crippen molar-refractivity contribution >= 4 is 34.9 Å². The molecule has 5 heteroatoms. The normalized spacial score (nSPS) is 23.7. The number of halogens is 1. The minimum absolute atomic E-state index is 0.0576. The summed E-state index contributed by atoms with van der Waals surface area (Å²) < 4.78 is 0.711. The Bertz CT molecular complexity index is 472. The molecule has 104 valence electrons. The van der Waals surface area contributed by atoms with Crippen molar-refractivity contribution in [1.29, 1.82) is 0 Å². The Hall–Kier alpha value is -0.840. The van der Waals surface area contributed by atoms with E-state index in [1.807, 2.05) is 12.1 Å². The maximum absolute atomic E-state index is 12.1. The van der Waals surface area contributed by atoms with Gasteiger partial charge in [-0.3, -0.25) is 4.79 Å². The quantitative estimate of drug-likeness (QED) is 0.871. The molecule has 1 fully saturated rings. The first-order valence-electron chi connectivity index (χ1n) is 6.46. The van der Waals surface area contributed by atoms with E-state index < -0.39 is 6.10 Å². The number of nitrogens with zero attached hydrogens (tertiary/aromatic N) is 1. The molecule has 0 bridgehead atoms. The molecule has 1 amide bonds. The van der Waals surface area contributed by atoms with Gasteiger partial charge in [-0.25, -0.2) is 0 Å². The number of likely N-dealkylation sites (N-methyl/N-ethyl adjacent to an activating group) is 1. The number of carbonyl (C=O) groups is 1. The largest absolute Gasteiger partial charge is 0.391 e. The lowest BCUT2D eigenvalue weighted by Gasteiger charge is -2.34. The highest BCUT2D eigenvalue weighted by molar-refractivity contribution is 7.17. The summed E-state index contributed by atoms with van der Waals surface area (Å²) in [6.45, 7) is 0. The van der Waals surface area contributed by atoms with Crippen LogP contribution in [0.15, 0.2) is 18.2 Å². The SMILES string of the molecule is CN(C(=O)/C=C/c1ccc(Cl)s1)C1CCCCC1O.